The van der Waals surface area contributed by atoms with Crippen molar-refractivity contribution in [3.63, 3.8) is 0 Å². The van der Waals surface area contributed by atoms with Gasteiger partial charge in [-0.3, -0.25) is 4.79 Å². The van der Waals surface area contributed by atoms with Crippen LogP contribution in [0.5, 0.6) is 5.75 Å². The van der Waals surface area contributed by atoms with Crippen molar-refractivity contribution in [1.82, 2.24) is 0 Å². The lowest BCUT2D eigenvalue weighted by Gasteiger charge is -2.23. The summed E-state index contributed by atoms with van der Waals surface area (Å²) in [6.45, 7) is 12.4. The second kappa shape index (κ2) is 12.6. The molecule has 0 fully saturated rings. The van der Waals surface area contributed by atoms with Crippen LogP contribution >= 0.6 is 11.3 Å². The van der Waals surface area contributed by atoms with Gasteiger partial charge >= 0.3 is 11.9 Å². The Hall–Kier alpha value is -2.87. The monoisotopic (exact) mass is 489 g/mol. The van der Waals surface area contributed by atoms with Crippen molar-refractivity contribution >= 4 is 34.2 Å². The quantitative estimate of drug-likeness (QED) is 0.295. The summed E-state index contributed by atoms with van der Waals surface area (Å²) in [5.74, 6) is -0.627. The minimum absolute atomic E-state index is 0.117. The molecule has 0 saturated carbocycles. The number of ether oxygens (including phenoxy) is 3. The largest absolute Gasteiger partial charge is 0.494 e. The normalized spacial score (nSPS) is 11.1. The fourth-order valence-corrected chi connectivity index (χ4v) is 4.37. The fraction of sp³-hybridized carbons (Fsp3) is 0.500. The number of carbonyl (C=O) groups is 3. The fourth-order valence-electron chi connectivity index (χ4n) is 3.26. The van der Waals surface area contributed by atoms with Crippen LogP contribution in [-0.4, -0.2) is 37.7 Å². The molecular weight excluding hydrogens is 454 g/mol. The lowest BCUT2D eigenvalue weighted by atomic mass is 9.82. The highest BCUT2D eigenvalue weighted by molar-refractivity contribution is 7.18. The van der Waals surface area contributed by atoms with Gasteiger partial charge in [0.15, 0.2) is 0 Å². The average molecular weight is 490 g/mol. The van der Waals surface area contributed by atoms with Crippen molar-refractivity contribution in [2.75, 3.05) is 25.1 Å². The molecule has 2 rings (SSSR count). The van der Waals surface area contributed by atoms with E-state index in [1.165, 1.54) is 5.56 Å². The van der Waals surface area contributed by atoms with E-state index >= 15 is 0 Å². The first kappa shape index (κ1) is 27.4. The maximum absolute atomic E-state index is 12.5. The second-order valence-electron chi connectivity index (χ2n) is 8.46. The lowest BCUT2D eigenvalue weighted by molar-refractivity contribution is -0.116. The van der Waals surface area contributed by atoms with Crippen LogP contribution in [0.4, 0.5) is 5.00 Å². The highest BCUT2D eigenvalue weighted by Crippen LogP contribution is 2.34. The van der Waals surface area contributed by atoms with Gasteiger partial charge in [-0.1, -0.05) is 32.9 Å². The molecular formula is C26H35NO6S. The molecule has 1 heterocycles. The minimum atomic E-state index is -0.583. The summed E-state index contributed by atoms with van der Waals surface area (Å²) in [4.78, 5) is 37.5. The summed E-state index contributed by atoms with van der Waals surface area (Å²) in [7, 11) is 0. The molecule has 0 atom stereocenters. The molecule has 34 heavy (non-hydrogen) atoms. The van der Waals surface area contributed by atoms with E-state index in [1.54, 1.807) is 20.8 Å². The van der Waals surface area contributed by atoms with E-state index in [0.717, 1.165) is 23.5 Å². The third kappa shape index (κ3) is 7.06. The first-order valence-corrected chi connectivity index (χ1v) is 12.5. The SMILES string of the molecule is CCOC(=O)c1sc(NC(=O)CCCOc2ccc(C(C)(C)CC)cc2)c(C(=O)OCC)c1C. The molecule has 1 aromatic carbocycles. The molecule has 0 bridgehead atoms. The first-order valence-electron chi connectivity index (χ1n) is 11.6. The standard InChI is InChI=1S/C26H35NO6S/c1-7-26(5,6)18-12-14-19(15-13-18)33-16-10-11-20(28)27-23-21(24(29)31-8-2)17(4)22(34-23)25(30)32-9-3/h12-15H,7-11,16H2,1-6H3,(H,27,28). The molecule has 0 aliphatic rings. The van der Waals surface area contributed by atoms with Crippen LogP contribution in [0.1, 0.15) is 85.0 Å². The van der Waals surface area contributed by atoms with Crippen LogP contribution in [0.15, 0.2) is 24.3 Å². The van der Waals surface area contributed by atoms with E-state index in [1.807, 2.05) is 12.1 Å². The second-order valence-corrected chi connectivity index (χ2v) is 9.48. The molecule has 1 N–H and O–H groups in total. The number of rotatable bonds is 12. The van der Waals surface area contributed by atoms with Gasteiger partial charge in [-0.15, -0.1) is 11.3 Å². The number of esters is 2. The zero-order valence-corrected chi connectivity index (χ0v) is 21.7. The van der Waals surface area contributed by atoms with E-state index < -0.39 is 11.9 Å². The smallest absolute Gasteiger partial charge is 0.348 e. The van der Waals surface area contributed by atoms with Gasteiger partial charge in [0, 0.05) is 6.42 Å². The Morgan fingerprint density at radius 2 is 1.59 bits per heavy atom. The molecule has 0 aliphatic heterocycles. The van der Waals surface area contributed by atoms with Crippen LogP contribution in [0.25, 0.3) is 0 Å². The highest BCUT2D eigenvalue weighted by Gasteiger charge is 2.27. The van der Waals surface area contributed by atoms with E-state index in [0.29, 0.717) is 23.6 Å². The molecule has 0 aliphatic carbocycles. The van der Waals surface area contributed by atoms with Gasteiger partial charge in [-0.25, -0.2) is 9.59 Å². The molecule has 1 amide bonds. The molecule has 0 saturated heterocycles. The zero-order valence-electron chi connectivity index (χ0n) is 20.9. The number of thiophene rings is 1. The summed E-state index contributed by atoms with van der Waals surface area (Å²) in [5, 5.41) is 3.04. The predicted molar refractivity (Wildman–Crippen MR) is 134 cm³/mol. The van der Waals surface area contributed by atoms with Gasteiger partial charge in [0.25, 0.3) is 0 Å². The molecule has 0 unspecified atom stereocenters. The summed E-state index contributed by atoms with van der Waals surface area (Å²) in [6, 6.07) is 8.04. The molecule has 7 nitrogen and oxygen atoms in total. The topological polar surface area (TPSA) is 90.9 Å². The summed E-state index contributed by atoms with van der Waals surface area (Å²) in [6.07, 6.45) is 1.75. The number of amides is 1. The van der Waals surface area contributed by atoms with Crippen molar-refractivity contribution in [1.29, 1.82) is 0 Å². The Morgan fingerprint density at radius 3 is 2.18 bits per heavy atom. The molecule has 186 valence electrons. The molecule has 0 spiro atoms. The third-order valence-electron chi connectivity index (χ3n) is 5.68. The van der Waals surface area contributed by atoms with Crippen molar-refractivity contribution in [3.8, 4) is 5.75 Å². The Labute approximate surface area is 205 Å². The van der Waals surface area contributed by atoms with Gasteiger partial charge in [-0.2, -0.15) is 0 Å². The maximum Gasteiger partial charge on any atom is 0.348 e. The van der Waals surface area contributed by atoms with Crippen LogP contribution in [0.2, 0.25) is 0 Å². The molecule has 8 heteroatoms. The summed E-state index contributed by atoms with van der Waals surface area (Å²) >= 11 is 1.02. The van der Waals surface area contributed by atoms with Gasteiger partial charge < -0.3 is 19.5 Å². The molecule has 0 radical (unpaired) electrons. The van der Waals surface area contributed by atoms with Gasteiger partial charge in [-0.05, 0) is 62.3 Å². The van der Waals surface area contributed by atoms with Crippen LogP contribution in [0.3, 0.4) is 0 Å². The highest BCUT2D eigenvalue weighted by atomic mass is 32.1. The number of hydrogen-bond donors (Lipinski definition) is 1. The van der Waals surface area contributed by atoms with Crippen molar-refractivity contribution in [3.05, 3.63) is 45.8 Å². The Kier molecular flexibility index (Phi) is 10.1. The number of anilines is 1. The predicted octanol–water partition coefficient (Wildman–Crippen LogP) is 5.90. The number of hydrogen-bond acceptors (Lipinski definition) is 7. The van der Waals surface area contributed by atoms with Crippen LogP contribution in [0, 0.1) is 6.92 Å². The number of carbonyl (C=O) groups excluding carboxylic acids is 3. The van der Waals surface area contributed by atoms with Gasteiger partial charge in [0.1, 0.15) is 15.6 Å². The Bertz CT molecular complexity index is 993. The average Bonchev–Trinajstić information content (AvgIpc) is 3.13. The molecule has 2 aromatic rings. The van der Waals surface area contributed by atoms with Gasteiger partial charge in [0.2, 0.25) is 5.91 Å². The van der Waals surface area contributed by atoms with Crippen molar-refractivity contribution in [2.24, 2.45) is 0 Å². The number of nitrogens with one attached hydrogen (secondary N) is 1. The Balaban J connectivity index is 1.97. The van der Waals surface area contributed by atoms with Crippen molar-refractivity contribution < 1.29 is 28.6 Å². The number of benzene rings is 1. The van der Waals surface area contributed by atoms with Crippen LogP contribution in [-0.2, 0) is 19.7 Å². The van der Waals surface area contributed by atoms with E-state index in [-0.39, 0.29) is 41.4 Å². The van der Waals surface area contributed by atoms with E-state index in [2.05, 4.69) is 38.2 Å². The summed E-state index contributed by atoms with van der Waals surface area (Å²) in [5.41, 5.74) is 2.00. The van der Waals surface area contributed by atoms with E-state index in [4.69, 9.17) is 14.2 Å². The van der Waals surface area contributed by atoms with Crippen LogP contribution < -0.4 is 10.1 Å². The first-order chi connectivity index (χ1) is 16.1. The zero-order chi connectivity index (χ0) is 25.3. The Morgan fingerprint density at radius 1 is 0.971 bits per heavy atom. The summed E-state index contributed by atoms with van der Waals surface area (Å²) < 4.78 is 15.9. The van der Waals surface area contributed by atoms with Gasteiger partial charge in [0.05, 0.1) is 25.4 Å². The lowest BCUT2D eigenvalue weighted by Crippen LogP contribution is -2.16. The minimum Gasteiger partial charge on any atom is -0.494 e. The van der Waals surface area contributed by atoms with Crippen molar-refractivity contribution in [2.45, 2.75) is 66.2 Å². The van der Waals surface area contributed by atoms with E-state index in [9.17, 15) is 14.4 Å². The molecule has 1 aromatic heterocycles. The maximum atomic E-state index is 12.5. The third-order valence-corrected chi connectivity index (χ3v) is 6.86.